The highest BCUT2D eigenvalue weighted by Gasteiger charge is 2.42. The smallest absolute Gasteiger partial charge is 0.326 e. The maximum Gasteiger partial charge on any atom is 0.326 e. The Morgan fingerprint density at radius 3 is 1.68 bits per heavy atom. The van der Waals surface area contributed by atoms with Gasteiger partial charge in [0.05, 0.1) is 31.6 Å². The molecule has 0 aromatic carbocycles. The van der Waals surface area contributed by atoms with Crippen molar-refractivity contribution in [1.29, 1.82) is 0 Å². The van der Waals surface area contributed by atoms with Crippen molar-refractivity contribution in [2.24, 2.45) is 45.7 Å². The average molecular weight is 1310 g/mol. The first-order valence-corrected chi connectivity index (χ1v) is 30.4. The van der Waals surface area contributed by atoms with Gasteiger partial charge in [-0.15, -0.1) is 0 Å². The summed E-state index contributed by atoms with van der Waals surface area (Å²) in [6.07, 6.45) is -0.944. The Morgan fingerprint density at radius 2 is 1.15 bits per heavy atom. The highest BCUT2D eigenvalue weighted by Crippen LogP contribution is 2.21. The van der Waals surface area contributed by atoms with Gasteiger partial charge in [0.2, 0.25) is 70.9 Å². The Labute approximate surface area is 532 Å². The van der Waals surface area contributed by atoms with Crippen molar-refractivity contribution in [3.63, 3.8) is 0 Å². The molecule has 1 aromatic rings. The van der Waals surface area contributed by atoms with Crippen molar-refractivity contribution in [1.82, 2.24) is 68.0 Å². The molecule has 0 spiro atoms. The Hall–Kier alpha value is -8.22. The molecule has 0 bridgehead atoms. The number of hydrogen-bond acceptors (Lipinski definition) is 20. The molecule has 2 rings (SSSR count). The molecule has 12 amide bonds. The van der Waals surface area contributed by atoms with Crippen LogP contribution in [-0.2, 0) is 68.7 Å². The maximum absolute atomic E-state index is 14.7. The number of carbonyl (C=O) groups excluding carboxylic acids is 12. The molecule has 0 aliphatic carbocycles. The Bertz CT molecular complexity index is 2700. The Kier molecular flexibility index (Phi) is 33.3. The minimum Gasteiger partial charge on any atom is -0.480 e. The molecule has 1 aliphatic rings. The number of aliphatic hydroxyl groups excluding tert-OH is 3. The van der Waals surface area contributed by atoms with Gasteiger partial charge in [0, 0.05) is 37.2 Å². The van der Waals surface area contributed by atoms with Crippen LogP contribution in [0.25, 0.3) is 0 Å². The molecule has 36 heteroatoms. The Morgan fingerprint density at radius 1 is 0.637 bits per heavy atom. The number of carboxylic acid groups (broad SMARTS) is 1. The van der Waals surface area contributed by atoms with Crippen LogP contribution in [0.1, 0.15) is 113 Å². The van der Waals surface area contributed by atoms with Crippen LogP contribution in [0.15, 0.2) is 17.5 Å². The largest absolute Gasteiger partial charge is 0.480 e. The number of aliphatic imine (C=N–C) groups is 1. The molecular weight excluding hydrogens is 1220 g/mol. The van der Waals surface area contributed by atoms with E-state index in [0.29, 0.717) is 5.69 Å². The van der Waals surface area contributed by atoms with E-state index in [1.54, 1.807) is 41.5 Å². The summed E-state index contributed by atoms with van der Waals surface area (Å²) in [7, 11) is 0. The van der Waals surface area contributed by atoms with Gasteiger partial charge in [-0.1, -0.05) is 41.5 Å². The summed E-state index contributed by atoms with van der Waals surface area (Å²) in [4.78, 5) is 187. The number of nitrogens with two attached hydrogens (primary N) is 4. The summed E-state index contributed by atoms with van der Waals surface area (Å²) in [6.45, 7) is 12.7. The van der Waals surface area contributed by atoms with Crippen LogP contribution >= 0.6 is 12.6 Å². The molecule has 23 N–H and O–H groups in total. The molecule has 0 unspecified atom stereocenters. The van der Waals surface area contributed by atoms with Gasteiger partial charge in [-0.05, 0) is 77.0 Å². The number of guanidine groups is 1. The van der Waals surface area contributed by atoms with Gasteiger partial charge in [0.1, 0.15) is 72.5 Å². The molecule has 0 saturated carbocycles. The highest BCUT2D eigenvalue weighted by molar-refractivity contribution is 7.80. The number of aromatic amines is 1. The molecule has 1 fully saturated rings. The molecular formula is C55H94N18O17S. The molecule has 2 heterocycles. The number of aliphatic hydroxyl groups is 3. The summed E-state index contributed by atoms with van der Waals surface area (Å²) >= 11 is 4.19. The van der Waals surface area contributed by atoms with E-state index >= 15 is 0 Å². The third-order valence-electron chi connectivity index (χ3n) is 14.2. The number of aliphatic carboxylic acids is 1. The van der Waals surface area contributed by atoms with Crippen LogP contribution in [0, 0.1) is 17.8 Å². The average Bonchev–Trinajstić information content (AvgIpc) is 1.85. The number of nitrogens with zero attached hydrogens (tertiary/aromatic N) is 3. The number of aromatic nitrogens is 2. The summed E-state index contributed by atoms with van der Waals surface area (Å²) in [6, 6.07) is -17.8. The van der Waals surface area contributed by atoms with Crippen LogP contribution < -0.4 is 76.1 Å². The number of imidazole rings is 1. The summed E-state index contributed by atoms with van der Waals surface area (Å²) in [5.41, 5.74) is 22.2. The van der Waals surface area contributed by atoms with Crippen molar-refractivity contribution in [3.8, 4) is 0 Å². The van der Waals surface area contributed by atoms with Crippen molar-refractivity contribution in [3.05, 3.63) is 18.2 Å². The fourth-order valence-corrected chi connectivity index (χ4v) is 9.49. The van der Waals surface area contributed by atoms with Gasteiger partial charge < -0.3 is 106 Å². The predicted molar refractivity (Wildman–Crippen MR) is 329 cm³/mol. The lowest BCUT2D eigenvalue weighted by Crippen LogP contribution is -2.62. The third-order valence-corrected chi connectivity index (χ3v) is 14.6. The zero-order valence-electron chi connectivity index (χ0n) is 52.6. The number of thiol groups is 1. The van der Waals surface area contributed by atoms with E-state index in [4.69, 9.17) is 22.9 Å². The zero-order valence-corrected chi connectivity index (χ0v) is 53.5. The highest BCUT2D eigenvalue weighted by atomic mass is 32.1. The van der Waals surface area contributed by atoms with Gasteiger partial charge >= 0.3 is 5.97 Å². The van der Waals surface area contributed by atoms with E-state index < -0.39 is 181 Å². The van der Waals surface area contributed by atoms with E-state index in [2.05, 4.69) is 80.8 Å². The lowest BCUT2D eigenvalue weighted by Gasteiger charge is -2.32. The molecule has 91 heavy (non-hydrogen) atoms. The van der Waals surface area contributed by atoms with Gasteiger partial charge in [-0.25, -0.2) is 9.78 Å². The number of likely N-dealkylation sites (tertiary alicyclic amines) is 1. The predicted octanol–water partition coefficient (Wildman–Crippen LogP) is -7.42. The quantitative estimate of drug-likeness (QED) is 0.0126. The van der Waals surface area contributed by atoms with E-state index in [-0.39, 0.29) is 81.6 Å². The van der Waals surface area contributed by atoms with Crippen molar-refractivity contribution >= 4 is 95.4 Å². The van der Waals surface area contributed by atoms with Crippen LogP contribution in [0.5, 0.6) is 0 Å². The molecule has 1 saturated heterocycles. The topological polar surface area (TPSA) is 571 Å². The van der Waals surface area contributed by atoms with Gasteiger partial charge in [-0.2, -0.15) is 12.6 Å². The molecule has 0 radical (unpaired) electrons. The van der Waals surface area contributed by atoms with Gasteiger partial charge in [0.25, 0.3) is 0 Å². The van der Waals surface area contributed by atoms with Crippen LogP contribution in [0.4, 0.5) is 0 Å². The Balaban J connectivity index is 2.37. The minimum atomic E-state index is -1.76. The fourth-order valence-electron chi connectivity index (χ4n) is 9.23. The monoisotopic (exact) mass is 1310 g/mol. The molecule has 35 nitrogen and oxygen atoms in total. The van der Waals surface area contributed by atoms with Crippen molar-refractivity contribution in [2.45, 2.75) is 198 Å². The van der Waals surface area contributed by atoms with E-state index in [0.717, 1.165) is 0 Å². The first kappa shape index (κ1) is 78.9. The molecule has 512 valence electrons. The number of rotatable bonds is 39. The molecule has 1 aliphatic heterocycles. The van der Waals surface area contributed by atoms with Gasteiger partial charge in [-0.3, -0.25) is 62.5 Å². The number of nitrogens with one attached hydrogen (secondary N) is 11. The zero-order chi connectivity index (χ0) is 69.1. The van der Waals surface area contributed by atoms with Crippen LogP contribution in [0.3, 0.4) is 0 Å². The number of primary amides is 1. The second kappa shape index (κ2) is 38.5. The molecule has 1 aromatic heterocycles. The maximum atomic E-state index is 14.7. The van der Waals surface area contributed by atoms with Crippen molar-refractivity contribution in [2.75, 3.05) is 25.4 Å². The minimum absolute atomic E-state index is 0.0181. The molecule has 14 atom stereocenters. The lowest BCUT2D eigenvalue weighted by atomic mass is 10.0. The third kappa shape index (κ3) is 26.6. The van der Waals surface area contributed by atoms with E-state index in [1.165, 1.54) is 38.2 Å². The van der Waals surface area contributed by atoms with Crippen LogP contribution in [0.2, 0.25) is 0 Å². The summed E-state index contributed by atoms with van der Waals surface area (Å²) < 4.78 is 0. The summed E-state index contributed by atoms with van der Waals surface area (Å²) in [5.74, 6) is -14.5. The lowest BCUT2D eigenvalue weighted by molar-refractivity contribution is -0.143. The first-order chi connectivity index (χ1) is 42.5. The number of H-pyrrole nitrogens is 1. The standard InChI is InChI=1S/C55H94N18O17S/c1-24(2)16-32(46(81)64-31(12-10-14-61-55(58)59)44(79)70-37(22-91)48(83)68-35(54(89)90)17-25(3)4)66-52(87)42(29(9)76)72-49(84)38-13-11-15-73(38)53(88)34(18-30-20-60-23-62-30)67-51(86)41(26(5)6)71-43(78)27(7)63-45(80)33(19-39(56)77)65-47(82)36(21-74)69-50(85)40(57)28(8)75/h20,23-29,31-38,40-42,74-76,91H,10-19,21-22,57H2,1-9H3,(H2,56,77)(H,60,62)(H,63,80)(H,64,81)(H,65,82)(H,66,87)(H,67,86)(H,68,83)(H,69,85)(H,70,79)(H,71,78)(H,72,84)(H,89,90)(H4,58,59,61)/t27-,28+,29+,31-,32-,33-,34-,35-,36-,37-,38-,40-,41-,42-/m0/s1. The number of amides is 12. The first-order valence-electron chi connectivity index (χ1n) is 29.7. The van der Waals surface area contributed by atoms with Crippen molar-refractivity contribution < 1.29 is 82.8 Å². The SMILES string of the molecule is CC(C)C[C@H](NC(=O)[C@H](CS)NC(=O)[C@H](CCCN=C(N)N)NC(=O)[C@H](CC(C)C)NC(=O)[C@@H](NC(=O)[C@@H]1CCCN1C(=O)[C@H](Cc1cnc[nH]1)NC(=O)[C@@H](NC(=O)[C@H](C)NC(=O)[C@H](CC(N)=O)NC(=O)[C@H](CO)NC(=O)[C@@H](N)[C@@H](C)O)C(C)C)[C@@H](C)O)C(=O)O. The van der Waals surface area contributed by atoms with Crippen LogP contribution in [-0.4, -0.2) is 228 Å². The second-order valence-electron chi connectivity index (χ2n) is 23.4. The number of carboxylic acids is 1. The normalized spacial score (nSPS) is 17.3. The summed E-state index contributed by atoms with van der Waals surface area (Å²) in [5, 5.41) is 64.5. The van der Waals surface area contributed by atoms with E-state index in [1.807, 2.05) is 0 Å². The number of hydrogen-bond donors (Lipinski definition) is 20. The fraction of sp³-hybridized carbons (Fsp3) is 0.691. The van der Waals surface area contributed by atoms with E-state index in [9.17, 15) is 82.8 Å². The van der Waals surface area contributed by atoms with Gasteiger partial charge in [0.15, 0.2) is 5.96 Å². The number of carbonyl (C=O) groups is 13. The second-order valence-corrected chi connectivity index (χ2v) is 23.8.